The van der Waals surface area contributed by atoms with Crippen molar-refractivity contribution in [2.45, 2.75) is 103 Å². The maximum absolute atomic E-state index is 10.3. The van der Waals surface area contributed by atoms with Crippen LogP contribution in [-0.4, -0.2) is 22.3 Å². The van der Waals surface area contributed by atoms with Gasteiger partial charge in [-0.15, -0.1) is 0 Å². The van der Waals surface area contributed by atoms with Crippen LogP contribution in [0.4, 0.5) is 0 Å². The highest BCUT2D eigenvalue weighted by Crippen LogP contribution is 2.13. The number of carboxylic acids is 1. The van der Waals surface area contributed by atoms with Crippen molar-refractivity contribution in [2.24, 2.45) is 0 Å². The molecule has 2 N–H and O–H groups in total. The Balaban J connectivity index is 2.97. The molecule has 3 heteroatoms. The van der Waals surface area contributed by atoms with Crippen LogP contribution in [0, 0.1) is 0 Å². The van der Waals surface area contributed by atoms with Gasteiger partial charge in [0.25, 0.3) is 0 Å². The molecule has 0 aliphatic heterocycles. The van der Waals surface area contributed by atoms with Crippen LogP contribution in [0.5, 0.6) is 0 Å². The predicted molar refractivity (Wildman–Crippen MR) is 84.0 cm³/mol. The number of carbonyl (C=O) groups is 1. The lowest BCUT2D eigenvalue weighted by atomic mass is 10.0. The van der Waals surface area contributed by atoms with Gasteiger partial charge in [0.1, 0.15) is 0 Å². The zero-order valence-corrected chi connectivity index (χ0v) is 13.3. The quantitative estimate of drug-likeness (QED) is 0.420. The van der Waals surface area contributed by atoms with Gasteiger partial charge in [0.05, 0.1) is 6.10 Å². The van der Waals surface area contributed by atoms with Crippen LogP contribution in [0.3, 0.4) is 0 Å². The van der Waals surface area contributed by atoms with E-state index in [-0.39, 0.29) is 6.10 Å². The third-order valence-corrected chi connectivity index (χ3v) is 3.76. The van der Waals surface area contributed by atoms with Crippen LogP contribution in [-0.2, 0) is 4.79 Å². The van der Waals surface area contributed by atoms with E-state index in [1.54, 1.807) is 0 Å². The first-order valence-corrected chi connectivity index (χ1v) is 8.53. The number of hydrogen-bond donors (Lipinski definition) is 2. The highest BCUT2D eigenvalue weighted by molar-refractivity contribution is 5.66. The van der Waals surface area contributed by atoms with Crippen molar-refractivity contribution in [3.05, 3.63) is 0 Å². The molecule has 0 aliphatic rings. The molecule has 0 aromatic rings. The highest BCUT2D eigenvalue weighted by Gasteiger charge is 1.97. The Morgan fingerprint density at radius 3 is 1.45 bits per heavy atom. The molecule has 0 spiro atoms. The molecule has 0 fully saturated rings. The molecule has 0 heterocycles. The molecule has 1 atom stereocenters. The van der Waals surface area contributed by atoms with Gasteiger partial charge in [-0.05, 0) is 19.8 Å². The molecular formula is C17H34O3. The van der Waals surface area contributed by atoms with E-state index in [4.69, 9.17) is 10.2 Å². The number of hydrogen-bond acceptors (Lipinski definition) is 2. The molecule has 0 aliphatic carbocycles. The summed E-state index contributed by atoms with van der Waals surface area (Å²) in [7, 11) is 0. The third-order valence-electron chi connectivity index (χ3n) is 3.76. The Labute approximate surface area is 124 Å². The fourth-order valence-corrected chi connectivity index (χ4v) is 2.48. The minimum Gasteiger partial charge on any atom is -0.481 e. The zero-order chi connectivity index (χ0) is 15.1. The first-order chi connectivity index (χ1) is 9.63. The summed E-state index contributed by atoms with van der Waals surface area (Å²) < 4.78 is 0. The van der Waals surface area contributed by atoms with Gasteiger partial charge in [-0.25, -0.2) is 0 Å². The molecule has 0 saturated heterocycles. The van der Waals surface area contributed by atoms with Crippen molar-refractivity contribution in [3.63, 3.8) is 0 Å². The summed E-state index contributed by atoms with van der Waals surface area (Å²) in [5, 5.41) is 17.6. The number of carboxylic acid groups (broad SMARTS) is 1. The summed E-state index contributed by atoms with van der Waals surface area (Å²) in [5.41, 5.74) is 0. The van der Waals surface area contributed by atoms with Crippen LogP contribution in [0.1, 0.15) is 96.8 Å². The monoisotopic (exact) mass is 286 g/mol. The van der Waals surface area contributed by atoms with Crippen LogP contribution in [0.2, 0.25) is 0 Å². The minimum atomic E-state index is -0.668. The lowest BCUT2D eigenvalue weighted by molar-refractivity contribution is -0.137. The number of unbranched alkanes of at least 4 members (excludes halogenated alkanes) is 11. The van der Waals surface area contributed by atoms with Gasteiger partial charge in [0, 0.05) is 6.42 Å². The molecule has 0 rings (SSSR count). The first kappa shape index (κ1) is 19.4. The third kappa shape index (κ3) is 17.4. The van der Waals surface area contributed by atoms with Crippen molar-refractivity contribution in [3.8, 4) is 0 Å². The fourth-order valence-electron chi connectivity index (χ4n) is 2.48. The Kier molecular flexibility index (Phi) is 14.4. The standard InChI is InChI=1S/C17H34O3/c1-16(18)14-12-10-8-6-4-2-3-5-7-9-11-13-15-17(19)20/h16,18H,2-15H2,1H3,(H,19,20)/t16-/m1/s1. The number of aliphatic hydroxyl groups excluding tert-OH is 1. The topological polar surface area (TPSA) is 57.5 Å². The fraction of sp³-hybridized carbons (Fsp3) is 0.941. The minimum absolute atomic E-state index is 0.134. The molecule has 0 aromatic heterocycles. The Morgan fingerprint density at radius 1 is 0.750 bits per heavy atom. The predicted octanol–water partition coefficient (Wildman–Crippen LogP) is 4.91. The lowest BCUT2D eigenvalue weighted by Crippen LogP contribution is -1.98. The molecule has 120 valence electrons. The zero-order valence-electron chi connectivity index (χ0n) is 13.3. The van der Waals surface area contributed by atoms with E-state index in [1.165, 1.54) is 57.8 Å². The van der Waals surface area contributed by atoms with E-state index in [0.29, 0.717) is 6.42 Å². The van der Waals surface area contributed by atoms with Gasteiger partial charge in [0.15, 0.2) is 0 Å². The number of rotatable bonds is 15. The molecule has 0 unspecified atom stereocenters. The maximum Gasteiger partial charge on any atom is 0.303 e. The molecular weight excluding hydrogens is 252 g/mol. The first-order valence-electron chi connectivity index (χ1n) is 8.53. The Morgan fingerprint density at radius 2 is 1.10 bits per heavy atom. The summed E-state index contributed by atoms with van der Waals surface area (Å²) in [6.07, 6.45) is 15.9. The van der Waals surface area contributed by atoms with E-state index in [0.717, 1.165) is 25.7 Å². The van der Waals surface area contributed by atoms with Gasteiger partial charge in [-0.2, -0.15) is 0 Å². The average molecular weight is 286 g/mol. The molecule has 3 nitrogen and oxygen atoms in total. The Hall–Kier alpha value is -0.570. The van der Waals surface area contributed by atoms with Gasteiger partial charge in [0.2, 0.25) is 0 Å². The van der Waals surface area contributed by atoms with Crippen LogP contribution in [0.25, 0.3) is 0 Å². The number of aliphatic hydroxyl groups is 1. The molecule has 0 saturated carbocycles. The SMILES string of the molecule is C[C@@H](O)CCCCCCCCCCCCCCC(=O)O. The van der Waals surface area contributed by atoms with Crippen molar-refractivity contribution in [1.82, 2.24) is 0 Å². The smallest absolute Gasteiger partial charge is 0.303 e. The number of aliphatic carboxylic acids is 1. The normalized spacial score (nSPS) is 12.5. The van der Waals surface area contributed by atoms with E-state index in [9.17, 15) is 4.79 Å². The lowest BCUT2D eigenvalue weighted by Gasteiger charge is -2.04. The largest absolute Gasteiger partial charge is 0.481 e. The van der Waals surface area contributed by atoms with Gasteiger partial charge in [-0.1, -0.05) is 70.6 Å². The van der Waals surface area contributed by atoms with E-state index in [1.807, 2.05) is 6.92 Å². The van der Waals surface area contributed by atoms with Gasteiger partial charge in [-0.3, -0.25) is 4.79 Å². The average Bonchev–Trinajstić information content (AvgIpc) is 2.38. The van der Waals surface area contributed by atoms with E-state index >= 15 is 0 Å². The van der Waals surface area contributed by atoms with E-state index in [2.05, 4.69) is 0 Å². The van der Waals surface area contributed by atoms with Crippen molar-refractivity contribution in [1.29, 1.82) is 0 Å². The van der Waals surface area contributed by atoms with Crippen molar-refractivity contribution in [2.75, 3.05) is 0 Å². The van der Waals surface area contributed by atoms with Gasteiger partial charge >= 0.3 is 5.97 Å². The van der Waals surface area contributed by atoms with Crippen LogP contribution >= 0.6 is 0 Å². The highest BCUT2D eigenvalue weighted by atomic mass is 16.4. The molecule has 0 aromatic carbocycles. The molecule has 0 amide bonds. The Bertz CT molecular complexity index is 214. The molecule has 0 bridgehead atoms. The second-order valence-electron chi connectivity index (χ2n) is 6.02. The van der Waals surface area contributed by atoms with Crippen LogP contribution < -0.4 is 0 Å². The molecule has 0 radical (unpaired) electrons. The van der Waals surface area contributed by atoms with Crippen molar-refractivity contribution < 1.29 is 15.0 Å². The summed E-state index contributed by atoms with van der Waals surface area (Å²) >= 11 is 0. The molecule has 20 heavy (non-hydrogen) atoms. The second kappa shape index (κ2) is 14.8. The van der Waals surface area contributed by atoms with Crippen molar-refractivity contribution >= 4 is 5.97 Å². The van der Waals surface area contributed by atoms with E-state index < -0.39 is 5.97 Å². The van der Waals surface area contributed by atoms with Crippen LogP contribution in [0.15, 0.2) is 0 Å². The summed E-state index contributed by atoms with van der Waals surface area (Å²) in [4.78, 5) is 10.3. The second-order valence-corrected chi connectivity index (χ2v) is 6.02. The maximum atomic E-state index is 10.3. The van der Waals surface area contributed by atoms with Gasteiger partial charge < -0.3 is 10.2 Å². The summed E-state index contributed by atoms with van der Waals surface area (Å²) in [6.45, 7) is 1.86. The summed E-state index contributed by atoms with van der Waals surface area (Å²) in [6, 6.07) is 0. The summed E-state index contributed by atoms with van der Waals surface area (Å²) in [5.74, 6) is -0.668.